The van der Waals surface area contributed by atoms with Crippen molar-refractivity contribution < 1.29 is 4.39 Å². The summed E-state index contributed by atoms with van der Waals surface area (Å²) in [5, 5.41) is 4.08. The van der Waals surface area contributed by atoms with Crippen LogP contribution in [0.15, 0.2) is 6.07 Å². The second-order valence-corrected chi connectivity index (χ2v) is 5.72. The van der Waals surface area contributed by atoms with Crippen molar-refractivity contribution >= 4 is 17.4 Å². The van der Waals surface area contributed by atoms with E-state index in [1.807, 2.05) is 6.07 Å². The summed E-state index contributed by atoms with van der Waals surface area (Å²) < 4.78 is 13.2. The zero-order chi connectivity index (χ0) is 13.2. The number of rotatable bonds is 1. The minimum absolute atomic E-state index is 0.580. The van der Waals surface area contributed by atoms with Gasteiger partial charge in [0.15, 0.2) is 0 Å². The summed E-state index contributed by atoms with van der Waals surface area (Å²) in [5.74, 6) is 0.842. The van der Waals surface area contributed by atoms with Crippen LogP contribution in [0.5, 0.6) is 0 Å². The van der Waals surface area contributed by atoms with Crippen molar-refractivity contribution in [3.8, 4) is 0 Å². The van der Waals surface area contributed by atoms with Gasteiger partial charge in [0.05, 0.1) is 5.02 Å². The summed E-state index contributed by atoms with van der Waals surface area (Å²) in [6.45, 7) is 3.38. The zero-order valence-corrected chi connectivity index (χ0v) is 11.7. The fourth-order valence-corrected chi connectivity index (χ4v) is 3.12. The van der Waals surface area contributed by atoms with Gasteiger partial charge in [-0.2, -0.15) is 0 Å². The molecule has 0 aliphatic carbocycles. The topological polar surface area (TPSA) is 28.2 Å². The number of nitrogens with zero attached hydrogens (tertiary/aromatic N) is 2. The standard InChI is InChI=1S/C14H19ClFN3/c15-12-9-10-1-5-17-6-2-13(10)18-14(12)19-7-3-11(16)4-8-19/h9,11,17H,1-8H2. The third kappa shape index (κ3) is 2.84. The molecule has 1 saturated heterocycles. The van der Waals surface area contributed by atoms with Crippen LogP contribution in [0.25, 0.3) is 0 Å². The van der Waals surface area contributed by atoms with Crippen LogP contribution in [0.4, 0.5) is 10.2 Å². The smallest absolute Gasteiger partial charge is 0.147 e. The average molecular weight is 284 g/mol. The second-order valence-electron chi connectivity index (χ2n) is 5.31. The fourth-order valence-electron chi connectivity index (χ4n) is 2.82. The molecule has 0 spiro atoms. The highest BCUT2D eigenvalue weighted by molar-refractivity contribution is 6.33. The minimum atomic E-state index is -0.667. The maximum absolute atomic E-state index is 13.2. The number of hydrogen-bond donors (Lipinski definition) is 1. The minimum Gasteiger partial charge on any atom is -0.355 e. The van der Waals surface area contributed by atoms with Gasteiger partial charge in [-0.15, -0.1) is 0 Å². The molecule has 2 aliphatic rings. The van der Waals surface area contributed by atoms with Gasteiger partial charge in [0.25, 0.3) is 0 Å². The lowest BCUT2D eigenvalue weighted by Crippen LogP contribution is -2.35. The fraction of sp³-hybridized carbons (Fsp3) is 0.643. The maximum Gasteiger partial charge on any atom is 0.147 e. The summed E-state index contributed by atoms with van der Waals surface area (Å²) in [6.07, 6.45) is 2.42. The number of hydrogen-bond acceptors (Lipinski definition) is 3. The maximum atomic E-state index is 13.2. The quantitative estimate of drug-likeness (QED) is 0.858. The van der Waals surface area contributed by atoms with Gasteiger partial charge in [-0.1, -0.05) is 11.6 Å². The molecule has 0 saturated carbocycles. The lowest BCUT2D eigenvalue weighted by Gasteiger charge is -2.30. The predicted molar refractivity (Wildman–Crippen MR) is 75.9 cm³/mol. The van der Waals surface area contributed by atoms with E-state index >= 15 is 0 Å². The predicted octanol–water partition coefficient (Wildman–Crippen LogP) is 2.36. The third-order valence-electron chi connectivity index (χ3n) is 3.96. The highest BCUT2D eigenvalue weighted by Crippen LogP contribution is 2.29. The lowest BCUT2D eigenvalue weighted by atomic mass is 10.1. The lowest BCUT2D eigenvalue weighted by molar-refractivity contribution is 0.276. The SMILES string of the molecule is FC1CCN(c2nc3c(cc2Cl)CCNCC3)CC1. The molecule has 1 N–H and O–H groups in total. The molecule has 0 aromatic carbocycles. The van der Waals surface area contributed by atoms with E-state index in [4.69, 9.17) is 16.6 Å². The molecule has 2 aliphatic heterocycles. The van der Waals surface area contributed by atoms with E-state index in [1.54, 1.807) is 0 Å². The molecule has 19 heavy (non-hydrogen) atoms. The van der Waals surface area contributed by atoms with E-state index in [0.717, 1.165) is 37.4 Å². The summed E-state index contributed by atoms with van der Waals surface area (Å²) in [6, 6.07) is 2.05. The third-order valence-corrected chi connectivity index (χ3v) is 4.24. The van der Waals surface area contributed by atoms with E-state index < -0.39 is 6.17 Å². The Bertz CT molecular complexity index is 458. The number of pyridine rings is 1. The first-order chi connectivity index (χ1) is 9.24. The van der Waals surface area contributed by atoms with Crippen molar-refractivity contribution in [1.29, 1.82) is 0 Å². The largest absolute Gasteiger partial charge is 0.355 e. The number of alkyl halides is 1. The molecule has 1 aromatic rings. The van der Waals surface area contributed by atoms with E-state index in [-0.39, 0.29) is 0 Å². The summed E-state index contributed by atoms with van der Waals surface area (Å²) in [7, 11) is 0. The highest BCUT2D eigenvalue weighted by atomic mass is 35.5. The zero-order valence-electron chi connectivity index (χ0n) is 11.0. The van der Waals surface area contributed by atoms with Crippen LogP contribution in [0.1, 0.15) is 24.1 Å². The van der Waals surface area contributed by atoms with Gasteiger partial charge in [-0.25, -0.2) is 9.37 Å². The van der Waals surface area contributed by atoms with Crippen LogP contribution in [0, 0.1) is 0 Å². The average Bonchev–Trinajstić information content (AvgIpc) is 2.63. The normalized spacial score (nSPS) is 21.1. The van der Waals surface area contributed by atoms with Crippen molar-refractivity contribution in [1.82, 2.24) is 10.3 Å². The summed E-state index contributed by atoms with van der Waals surface area (Å²) in [4.78, 5) is 6.88. The molecular formula is C14H19ClFN3. The van der Waals surface area contributed by atoms with Crippen molar-refractivity contribution in [3.05, 3.63) is 22.3 Å². The molecule has 0 radical (unpaired) electrons. The van der Waals surface area contributed by atoms with E-state index in [9.17, 15) is 4.39 Å². The van der Waals surface area contributed by atoms with Crippen LogP contribution in [0.2, 0.25) is 5.02 Å². The first-order valence-electron chi connectivity index (χ1n) is 7.02. The molecule has 1 aromatic heterocycles. The Morgan fingerprint density at radius 2 is 2.00 bits per heavy atom. The molecule has 0 atom stereocenters. The molecule has 0 amide bonds. The second kappa shape index (κ2) is 5.63. The molecule has 5 heteroatoms. The van der Waals surface area contributed by atoms with E-state index in [1.165, 1.54) is 5.56 Å². The van der Waals surface area contributed by atoms with Crippen LogP contribution in [-0.2, 0) is 12.8 Å². The Balaban J connectivity index is 1.87. The number of piperidine rings is 1. The number of aromatic nitrogens is 1. The van der Waals surface area contributed by atoms with Crippen molar-refractivity contribution in [2.24, 2.45) is 0 Å². The number of anilines is 1. The number of nitrogens with one attached hydrogen (secondary N) is 1. The summed E-state index contributed by atoms with van der Waals surface area (Å²) in [5.41, 5.74) is 2.39. The Labute approximate surface area is 118 Å². The van der Waals surface area contributed by atoms with Crippen LogP contribution >= 0.6 is 11.6 Å². The van der Waals surface area contributed by atoms with Crippen molar-refractivity contribution in [2.75, 3.05) is 31.1 Å². The summed E-state index contributed by atoms with van der Waals surface area (Å²) >= 11 is 6.37. The molecule has 0 unspecified atom stereocenters. The monoisotopic (exact) mass is 283 g/mol. The van der Waals surface area contributed by atoms with Gasteiger partial charge >= 0.3 is 0 Å². The molecule has 104 valence electrons. The van der Waals surface area contributed by atoms with Gasteiger partial charge < -0.3 is 10.2 Å². The molecule has 0 bridgehead atoms. The Morgan fingerprint density at radius 3 is 2.79 bits per heavy atom. The number of fused-ring (bicyclic) bond motifs is 1. The Hall–Kier alpha value is -0.870. The van der Waals surface area contributed by atoms with Gasteiger partial charge in [0.2, 0.25) is 0 Å². The number of halogens is 2. The van der Waals surface area contributed by atoms with Gasteiger partial charge in [0.1, 0.15) is 12.0 Å². The van der Waals surface area contributed by atoms with Crippen LogP contribution in [0.3, 0.4) is 0 Å². The molecule has 1 fully saturated rings. The van der Waals surface area contributed by atoms with Gasteiger partial charge in [-0.3, -0.25) is 0 Å². The van der Waals surface area contributed by atoms with Gasteiger partial charge in [-0.05, 0) is 37.4 Å². The van der Waals surface area contributed by atoms with Crippen molar-refractivity contribution in [3.63, 3.8) is 0 Å². The Kier molecular flexibility index (Phi) is 3.89. The molecule has 3 heterocycles. The Morgan fingerprint density at radius 1 is 1.26 bits per heavy atom. The van der Waals surface area contributed by atoms with Crippen LogP contribution in [-0.4, -0.2) is 37.3 Å². The molecule has 3 rings (SSSR count). The highest BCUT2D eigenvalue weighted by Gasteiger charge is 2.22. The first kappa shape index (κ1) is 13.1. The first-order valence-corrected chi connectivity index (χ1v) is 7.40. The van der Waals surface area contributed by atoms with Crippen molar-refractivity contribution in [2.45, 2.75) is 31.9 Å². The van der Waals surface area contributed by atoms with Gasteiger partial charge in [0, 0.05) is 31.7 Å². The molecular weight excluding hydrogens is 265 g/mol. The molecule has 3 nitrogen and oxygen atoms in total. The van der Waals surface area contributed by atoms with E-state index in [2.05, 4.69) is 10.2 Å². The van der Waals surface area contributed by atoms with Crippen LogP contribution < -0.4 is 10.2 Å². The van der Waals surface area contributed by atoms with E-state index in [0.29, 0.717) is 31.0 Å².